The molecule has 2 rings (SSSR count). The summed E-state index contributed by atoms with van der Waals surface area (Å²) in [7, 11) is 0. The molecule has 2 heterocycles. The summed E-state index contributed by atoms with van der Waals surface area (Å²) in [5.41, 5.74) is 1.69. The predicted molar refractivity (Wildman–Crippen MR) is 58.7 cm³/mol. The van der Waals surface area contributed by atoms with Gasteiger partial charge in [0.15, 0.2) is 0 Å². The van der Waals surface area contributed by atoms with Crippen LogP contribution in [0.15, 0.2) is 10.6 Å². The number of aryl methyl sites for hydroxylation is 2. The second-order valence-electron chi connectivity index (χ2n) is 3.86. The Kier molecular flexibility index (Phi) is 2.66. The van der Waals surface area contributed by atoms with Crippen LogP contribution in [0.4, 0.5) is 5.69 Å². The lowest BCUT2D eigenvalue weighted by molar-refractivity contribution is -0.386. The molecule has 0 saturated carbocycles. The number of nitro groups is 1. The molecule has 0 N–H and O–H groups in total. The number of rotatable bonds is 3. The van der Waals surface area contributed by atoms with Crippen LogP contribution in [0.3, 0.4) is 0 Å². The van der Waals surface area contributed by atoms with Gasteiger partial charge in [-0.1, -0.05) is 5.16 Å². The van der Waals surface area contributed by atoms with Gasteiger partial charge in [-0.2, -0.15) is 5.10 Å². The lowest BCUT2D eigenvalue weighted by Gasteiger charge is -1.98. The van der Waals surface area contributed by atoms with Crippen LogP contribution in [-0.4, -0.2) is 19.9 Å². The molecular formula is C10H12N4O3. The Morgan fingerprint density at radius 3 is 2.65 bits per heavy atom. The fourth-order valence-corrected chi connectivity index (χ4v) is 1.75. The monoisotopic (exact) mass is 236 g/mol. The Labute approximate surface area is 97.2 Å². The predicted octanol–water partition coefficient (Wildman–Crippen LogP) is 1.75. The van der Waals surface area contributed by atoms with E-state index in [1.54, 1.807) is 31.5 Å². The van der Waals surface area contributed by atoms with Crippen LogP contribution >= 0.6 is 0 Å². The third-order valence-corrected chi connectivity index (χ3v) is 2.51. The van der Waals surface area contributed by atoms with E-state index in [-0.39, 0.29) is 5.69 Å². The van der Waals surface area contributed by atoms with E-state index < -0.39 is 4.92 Å². The van der Waals surface area contributed by atoms with Gasteiger partial charge >= 0.3 is 5.69 Å². The van der Waals surface area contributed by atoms with Crippen molar-refractivity contribution < 1.29 is 9.45 Å². The van der Waals surface area contributed by atoms with E-state index in [9.17, 15) is 10.1 Å². The molecule has 90 valence electrons. The van der Waals surface area contributed by atoms with E-state index in [2.05, 4.69) is 10.3 Å². The molecule has 0 aliphatic heterocycles. The van der Waals surface area contributed by atoms with Gasteiger partial charge in [0.25, 0.3) is 0 Å². The Bertz CT molecular complexity index is 570. The number of nitrogens with zero attached hydrogens (tertiary/aromatic N) is 4. The molecule has 7 nitrogen and oxygen atoms in total. The minimum Gasteiger partial charge on any atom is -0.361 e. The Morgan fingerprint density at radius 1 is 1.47 bits per heavy atom. The number of hydrogen-bond donors (Lipinski definition) is 0. The normalized spacial score (nSPS) is 10.8. The van der Waals surface area contributed by atoms with Gasteiger partial charge in [0, 0.05) is 6.07 Å². The minimum atomic E-state index is -0.414. The van der Waals surface area contributed by atoms with Crippen LogP contribution in [0.1, 0.15) is 22.8 Å². The highest BCUT2D eigenvalue weighted by molar-refractivity contribution is 5.39. The van der Waals surface area contributed by atoms with Crippen molar-refractivity contribution in [1.82, 2.24) is 14.9 Å². The van der Waals surface area contributed by atoms with Crippen molar-refractivity contribution in [3.05, 3.63) is 39.0 Å². The standard InChI is InChI=1S/C10H12N4O3/c1-6-4-9(12-17-6)5-13-8(3)10(14(15)16)7(2)11-13/h4H,5H2,1-3H3. The molecule has 0 aliphatic carbocycles. The molecule has 0 aliphatic rings. The fraction of sp³-hybridized carbons (Fsp3) is 0.400. The SMILES string of the molecule is Cc1cc(Cn2nc(C)c([N+](=O)[O-])c2C)no1. The first-order valence-electron chi connectivity index (χ1n) is 5.09. The quantitative estimate of drug-likeness (QED) is 0.598. The highest BCUT2D eigenvalue weighted by Crippen LogP contribution is 2.22. The molecule has 0 atom stereocenters. The summed E-state index contributed by atoms with van der Waals surface area (Å²) in [6.07, 6.45) is 0. The summed E-state index contributed by atoms with van der Waals surface area (Å²) in [6.45, 7) is 5.46. The summed E-state index contributed by atoms with van der Waals surface area (Å²) >= 11 is 0. The smallest absolute Gasteiger partial charge is 0.312 e. The molecule has 2 aromatic rings. The fourth-order valence-electron chi connectivity index (χ4n) is 1.75. The average molecular weight is 236 g/mol. The van der Waals surface area contributed by atoms with Crippen LogP contribution < -0.4 is 0 Å². The van der Waals surface area contributed by atoms with E-state index >= 15 is 0 Å². The largest absolute Gasteiger partial charge is 0.361 e. The molecule has 0 bridgehead atoms. The third-order valence-electron chi connectivity index (χ3n) is 2.51. The summed E-state index contributed by atoms with van der Waals surface area (Å²) in [4.78, 5) is 10.4. The van der Waals surface area contributed by atoms with Crippen LogP contribution in [-0.2, 0) is 6.54 Å². The molecular weight excluding hydrogens is 224 g/mol. The Morgan fingerprint density at radius 2 is 2.18 bits per heavy atom. The average Bonchev–Trinajstić information content (AvgIpc) is 2.73. The zero-order valence-corrected chi connectivity index (χ0v) is 9.80. The first kappa shape index (κ1) is 11.3. The molecule has 7 heteroatoms. The van der Waals surface area contributed by atoms with Gasteiger partial charge in [0.1, 0.15) is 22.8 Å². The molecule has 0 unspecified atom stereocenters. The summed E-state index contributed by atoms with van der Waals surface area (Å²) < 4.78 is 6.50. The summed E-state index contributed by atoms with van der Waals surface area (Å²) in [5.74, 6) is 0.705. The zero-order chi connectivity index (χ0) is 12.6. The van der Waals surface area contributed by atoms with Gasteiger partial charge in [-0.25, -0.2) is 0 Å². The van der Waals surface area contributed by atoms with Crippen molar-refractivity contribution in [2.75, 3.05) is 0 Å². The second-order valence-corrected chi connectivity index (χ2v) is 3.86. The van der Waals surface area contributed by atoms with E-state index in [4.69, 9.17) is 4.52 Å². The van der Waals surface area contributed by atoms with Gasteiger partial charge in [0.2, 0.25) is 0 Å². The minimum absolute atomic E-state index is 0.0604. The van der Waals surface area contributed by atoms with E-state index in [0.717, 1.165) is 0 Å². The third kappa shape index (κ3) is 2.03. The lowest BCUT2D eigenvalue weighted by atomic mass is 10.3. The van der Waals surface area contributed by atoms with Crippen molar-refractivity contribution in [3.8, 4) is 0 Å². The van der Waals surface area contributed by atoms with Crippen LogP contribution in [0.5, 0.6) is 0 Å². The van der Waals surface area contributed by atoms with E-state index in [1.807, 2.05) is 0 Å². The highest BCUT2D eigenvalue weighted by Gasteiger charge is 2.22. The lowest BCUT2D eigenvalue weighted by Crippen LogP contribution is -2.04. The molecule has 0 amide bonds. The topological polar surface area (TPSA) is 87.0 Å². The summed E-state index contributed by atoms with van der Waals surface area (Å²) in [5, 5.41) is 18.8. The van der Waals surface area contributed by atoms with Gasteiger partial charge < -0.3 is 4.52 Å². The maximum Gasteiger partial charge on any atom is 0.312 e. The van der Waals surface area contributed by atoms with Gasteiger partial charge in [0.05, 0.1) is 11.5 Å². The number of aromatic nitrogens is 3. The molecule has 0 spiro atoms. The Hall–Kier alpha value is -2.18. The van der Waals surface area contributed by atoms with Gasteiger partial charge in [-0.05, 0) is 20.8 Å². The summed E-state index contributed by atoms with van der Waals surface area (Å²) in [6, 6.07) is 1.78. The van der Waals surface area contributed by atoms with Crippen molar-refractivity contribution in [1.29, 1.82) is 0 Å². The second kappa shape index (κ2) is 4.00. The zero-order valence-electron chi connectivity index (χ0n) is 9.80. The van der Waals surface area contributed by atoms with Crippen molar-refractivity contribution in [2.24, 2.45) is 0 Å². The van der Waals surface area contributed by atoms with Gasteiger partial charge in [-0.15, -0.1) is 0 Å². The van der Waals surface area contributed by atoms with E-state index in [1.165, 1.54) is 0 Å². The van der Waals surface area contributed by atoms with Crippen molar-refractivity contribution in [3.63, 3.8) is 0 Å². The molecule has 0 fully saturated rings. The van der Waals surface area contributed by atoms with Gasteiger partial charge in [-0.3, -0.25) is 14.8 Å². The Balaban J connectivity index is 2.34. The molecule has 0 radical (unpaired) electrons. The van der Waals surface area contributed by atoms with E-state index in [0.29, 0.717) is 29.4 Å². The molecule has 17 heavy (non-hydrogen) atoms. The van der Waals surface area contributed by atoms with Crippen LogP contribution in [0.25, 0.3) is 0 Å². The maximum absolute atomic E-state index is 10.8. The molecule has 0 saturated heterocycles. The molecule has 2 aromatic heterocycles. The van der Waals surface area contributed by atoms with Crippen LogP contribution in [0.2, 0.25) is 0 Å². The highest BCUT2D eigenvalue weighted by atomic mass is 16.6. The van der Waals surface area contributed by atoms with Crippen molar-refractivity contribution >= 4 is 5.69 Å². The first-order valence-corrected chi connectivity index (χ1v) is 5.09. The maximum atomic E-state index is 10.8. The molecule has 0 aromatic carbocycles. The first-order chi connectivity index (χ1) is 7.99. The number of hydrogen-bond acceptors (Lipinski definition) is 5. The van der Waals surface area contributed by atoms with Crippen molar-refractivity contribution in [2.45, 2.75) is 27.3 Å². The van der Waals surface area contributed by atoms with Crippen LogP contribution in [0, 0.1) is 30.9 Å².